The third-order valence-electron chi connectivity index (χ3n) is 3.60. The molecule has 3 rings (SSSR count). The van der Waals surface area contributed by atoms with Crippen LogP contribution < -0.4 is 16.4 Å². The van der Waals surface area contributed by atoms with E-state index in [0.29, 0.717) is 17.9 Å². The number of carboxylic acid groups (broad SMARTS) is 1. The number of rotatable bonds is 4. The highest BCUT2D eigenvalue weighted by molar-refractivity contribution is 5.88. The molecule has 0 saturated carbocycles. The third-order valence-corrected chi connectivity index (χ3v) is 3.60. The fraction of sp³-hybridized carbons (Fsp3) is 0.0556. The number of amides is 1. The van der Waals surface area contributed by atoms with Crippen LogP contribution in [0.15, 0.2) is 60.7 Å². The number of nitrogens with one attached hydrogen (secondary N) is 2. The number of carbonyl (C=O) groups is 1. The first-order valence-electron chi connectivity index (χ1n) is 7.23. The molecular formula is C18H17N3O2. The number of hydrogen-bond acceptors (Lipinski definition) is 3. The van der Waals surface area contributed by atoms with Crippen molar-refractivity contribution in [1.29, 1.82) is 0 Å². The molecule has 23 heavy (non-hydrogen) atoms. The van der Waals surface area contributed by atoms with Crippen LogP contribution in [0, 0.1) is 0 Å². The molecular weight excluding hydrogens is 290 g/mol. The molecule has 0 atom stereocenters. The molecule has 0 spiro atoms. The number of hydrogen-bond donors (Lipinski definition) is 4. The molecule has 0 aromatic heterocycles. The van der Waals surface area contributed by atoms with E-state index < -0.39 is 6.09 Å². The van der Waals surface area contributed by atoms with E-state index in [2.05, 4.69) is 34.9 Å². The number of fused-ring (bicyclic) bond motifs is 1. The van der Waals surface area contributed by atoms with Crippen molar-refractivity contribution < 1.29 is 9.90 Å². The van der Waals surface area contributed by atoms with Gasteiger partial charge in [-0.3, -0.25) is 5.32 Å². The lowest BCUT2D eigenvalue weighted by Gasteiger charge is -2.10. The molecule has 1 amide bonds. The zero-order valence-corrected chi connectivity index (χ0v) is 12.4. The Hall–Kier alpha value is -3.21. The van der Waals surface area contributed by atoms with E-state index in [-0.39, 0.29) is 0 Å². The van der Waals surface area contributed by atoms with Gasteiger partial charge in [0.2, 0.25) is 0 Å². The van der Waals surface area contributed by atoms with Gasteiger partial charge in [0, 0.05) is 12.2 Å². The fourth-order valence-corrected chi connectivity index (χ4v) is 2.45. The highest BCUT2D eigenvalue weighted by atomic mass is 16.4. The molecule has 0 aliphatic rings. The van der Waals surface area contributed by atoms with E-state index in [1.165, 1.54) is 10.8 Å². The average Bonchev–Trinajstić information content (AvgIpc) is 2.54. The Bertz CT molecular complexity index is 862. The second-order valence-electron chi connectivity index (χ2n) is 5.27. The summed E-state index contributed by atoms with van der Waals surface area (Å²) in [6.07, 6.45) is -1.13. The monoisotopic (exact) mass is 307 g/mol. The van der Waals surface area contributed by atoms with Crippen LogP contribution in [0.3, 0.4) is 0 Å². The zero-order chi connectivity index (χ0) is 16.2. The lowest BCUT2D eigenvalue weighted by molar-refractivity contribution is 0.210. The van der Waals surface area contributed by atoms with E-state index in [4.69, 9.17) is 10.8 Å². The van der Waals surface area contributed by atoms with E-state index in [1.807, 2.05) is 24.3 Å². The van der Waals surface area contributed by atoms with Crippen LogP contribution >= 0.6 is 0 Å². The summed E-state index contributed by atoms with van der Waals surface area (Å²) < 4.78 is 0. The van der Waals surface area contributed by atoms with Crippen LogP contribution in [0.4, 0.5) is 21.9 Å². The Morgan fingerprint density at radius 3 is 2.52 bits per heavy atom. The van der Waals surface area contributed by atoms with Crippen LogP contribution in [0.1, 0.15) is 5.56 Å². The van der Waals surface area contributed by atoms with Gasteiger partial charge in [0.15, 0.2) is 0 Å². The molecule has 5 N–H and O–H groups in total. The topological polar surface area (TPSA) is 87.4 Å². The normalized spacial score (nSPS) is 10.4. The smallest absolute Gasteiger partial charge is 0.409 e. The van der Waals surface area contributed by atoms with Crippen molar-refractivity contribution >= 4 is 33.9 Å². The van der Waals surface area contributed by atoms with Gasteiger partial charge in [-0.2, -0.15) is 0 Å². The van der Waals surface area contributed by atoms with Gasteiger partial charge in [-0.15, -0.1) is 0 Å². The molecule has 5 nitrogen and oxygen atoms in total. The first-order chi connectivity index (χ1) is 11.1. The van der Waals surface area contributed by atoms with E-state index in [0.717, 1.165) is 11.3 Å². The minimum atomic E-state index is -1.13. The maximum atomic E-state index is 10.6. The summed E-state index contributed by atoms with van der Waals surface area (Å²) in [6.45, 7) is 0.607. The molecule has 116 valence electrons. The standard InChI is InChI=1S/C18H17N3O2/c19-16-9-12(5-8-17(16)21-18(22)23)11-20-15-7-6-13-3-1-2-4-14(13)10-15/h1-10,20-21H,11,19H2,(H,22,23). The van der Waals surface area contributed by atoms with Gasteiger partial charge in [0.25, 0.3) is 0 Å². The van der Waals surface area contributed by atoms with Crippen molar-refractivity contribution in [2.75, 3.05) is 16.4 Å². The van der Waals surface area contributed by atoms with Crippen LogP contribution in [0.5, 0.6) is 0 Å². The van der Waals surface area contributed by atoms with Crippen molar-refractivity contribution in [3.63, 3.8) is 0 Å². The predicted octanol–water partition coefficient (Wildman–Crippen LogP) is 4.12. The molecule has 3 aromatic carbocycles. The number of anilines is 3. The summed E-state index contributed by atoms with van der Waals surface area (Å²) in [5.41, 5.74) is 8.66. The van der Waals surface area contributed by atoms with Gasteiger partial charge >= 0.3 is 6.09 Å². The maximum absolute atomic E-state index is 10.6. The Labute approximate surface area is 133 Å². The Balaban J connectivity index is 1.71. The predicted molar refractivity (Wildman–Crippen MR) is 93.8 cm³/mol. The Kier molecular flexibility index (Phi) is 4.01. The van der Waals surface area contributed by atoms with Gasteiger partial charge in [-0.25, -0.2) is 4.79 Å². The molecule has 0 unspecified atom stereocenters. The second-order valence-corrected chi connectivity index (χ2v) is 5.27. The van der Waals surface area contributed by atoms with Crippen LogP contribution in [-0.2, 0) is 6.54 Å². The van der Waals surface area contributed by atoms with Gasteiger partial charge in [-0.1, -0.05) is 36.4 Å². The van der Waals surface area contributed by atoms with Crippen LogP contribution in [-0.4, -0.2) is 11.2 Å². The summed E-state index contributed by atoms with van der Waals surface area (Å²) in [7, 11) is 0. The molecule has 0 aliphatic carbocycles. The van der Waals surface area contributed by atoms with E-state index in [9.17, 15) is 4.79 Å². The van der Waals surface area contributed by atoms with Crippen molar-refractivity contribution in [2.45, 2.75) is 6.54 Å². The summed E-state index contributed by atoms with van der Waals surface area (Å²) >= 11 is 0. The molecule has 0 aliphatic heterocycles. The van der Waals surface area contributed by atoms with Crippen molar-refractivity contribution in [3.8, 4) is 0 Å². The van der Waals surface area contributed by atoms with E-state index in [1.54, 1.807) is 12.1 Å². The Morgan fingerprint density at radius 1 is 1.00 bits per heavy atom. The number of nitrogen functional groups attached to an aromatic ring is 1. The van der Waals surface area contributed by atoms with Gasteiger partial charge in [-0.05, 0) is 40.6 Å². The highest BCUT2D eigenvalue weighted by Gasteiger charge is 2.04. The molecule has 0 fully saturated rings. The first kappa shape index (κ1) is 14.7. The molecule has 5 heteroatoms. The maximum Gasteiger partial charge on any atom is 0.409 e. The quantitative estimate of drug-likeness (QED) is 0.546. The molecule has 0 heterocycles. The lowest BCUT2D eigenvalue weighted by Crippen LogP contribution is -2.09. The SMILES string of the molecule is Nc1cc(CNc2ccc3ccccc3c2)ccc1NC(=O)O. The van der Waals surface area contributed by atoms with Crippen LogP contribution in [0.25, 0.3) is 10.8 Å². The third kappa shape index (κ3) is 3.52. The van der Waals surface area contributed by atoms with Gasteiger partial charge < -0.3 is 16.2 Å². The Morgan fingerprint density at radius 2 is 1.78 bits per heavy atom. The summed E-state index contributed by atoms with van der Waals surface area (Å²) in [5.74, 6) is 0. The highest BCUT2D eigenvalue weighted by Crippen LogP contribution is 2.22. The number of nitrogens with two attached hydrogens (primary N) is 1. The average molecular weight is 307 g/mol. The number of benzene rings is 3. The summed E-state index contributed by atoms with van der Waals surface area (Å²) in [5, 5.41) is 16.7. The van der Waals surface area contributed by atoms with Crippen molar-refractivity contribution in [3.05, 3.63) is 66.2 Å². The van der Waals surface area contributed by atoms with Crippen LogP contribution in [0.2, 0.25) is 0 Å². The zero-order valence-electron chi connectivity index (χ0n) is 12.4. The summed E-state index contributed by atoms with van der Waals surface area (Å²) in [6, 6.07) is 19.7. The summed E-state index contributed by atoms with van der Waals surface area (Å²) in [4.78, 5) is 10.6. The minimum absolute atomic E-state index is 0.395. The lowest BCUT2D eigenvalue weighted by atomic mass is 10.1. The van der Waals surface area contributed by atoms with Crippen molar-refractivity contribution in [1.82, 2.24) is 0 Å². The largest absolute Gasteiger partial charge is 0.465 e. The molecule has 3 aromatic rings. The fourth-order valence-electron chi connectivity index (χ4n) is 2.45. The van der Waals surface area contributed by atoms with E-state index >= 15 is 0 Å². The molecule has 0 bridgehead atoms. The molecule has 0 radical (unpaired) electrons. The molecule has 0 saturated heterocycles. The van der Waals surface area contributed by atoms with Gasteiger partial charge in [0.05, 0.1) is 11.4 Å². The first-order valence-corrected chi connectivity index (χ1v) is 7.23. The van der Waals surface area contributed by atoms with Crippen molar-refractivity contribution in [2.24, 2.45) is 0 Å². The second kappa shape index (κ2) is 6.27. The minimum Gasteiger partial charge on any atom is -0.465 e. The van der Waals surface area contributed by atoms with Gasteiger partial charge in [0.1, 0.15) is 0 Å².